The Morgan fingerprint density at radius 2 is 1.73 bits per heavy atom. The van der Waals surface area contributed by atoms with E-state index >= 15 is 0 Å². The predicted octanol–water partition coefficient (Wildman–Crippen LogP) is 2.86. The third-order valence-corrected chi connectivity index (χ3v) is 2.93. The molecule has 1 aliphatic rings. The summed E-state index contributed by atoms with van der Waals surface area (Å²) in [6.07, 6.45) is 2.06. The van der Waals surface area contributed by atoms with Crippen LogP contribution in [0.4, 0.5) is 0 Å². The smallest absolute Gasteiger partial charge is 0.191 e. The summed E-state index contributed by atoms with van der Waals surface area (Å²) in [5.41, 5.74) is 2.46. The molecule has 0 N–H and O–H groups in total. The molecular weight excluding hydrogens is 188 g/mol. The number of hydrogen-bond donors (Lipinski definition) is 0. The Kier molecular flexibility index (Phi) is 3.08. The van der Waals surface area contributed by atoms with Crippen LogP contribution in [0.2, 0.25) is 0 Å². The van der Waals surface area contributed by atoms with Crippen molar-refractivity contribution >= 4 is 0 Å². The zero-order valence-electron chi connectivity index (χ0n) is 9.45. The highest BCUT2D eigenvalue weighted by atomic mass is 16.7. The van der Waals surface area contributed by atoms with Gasteiger partial charge in [-0.2, -0.15) is 0 Å². The summed E-state index contributed by atoms with van der Waals surface area (Å²) in [5.74, 6) is -0.537. The normalized spacial score (nSPS) is 20.1. The van der Waals surface area contributed by atoms with Crippen molar-refractivity contribution in [2.24, 2.45) is 0 Å². The van der Waals surface area contributed by atoms with Gasteiger partial charge in [-0.15, -0.1) is 0 Å². The first-order valence-electron chi connectivity index (χ1n) is 5.62. The average molecular weight is 206 g/mol. The van der Waals surface area contributed by atoms with E-state index in [9.17, 15) is 0 Å². The van der Waals surface area contributed by atoms with Gasteiger partial charge in [0.15, 0.2) is 5.79 Å². The van der Waals surface area contributed by atoms with Crippen LogP contribution in [0.5, 0.6) is 0 Å². The summed E-state index contributed by atoms with van der Waals surface area (Å²) in [6, 6.07) is 8.48. The maximum atomic E-state index is 5.70. The molecule has 0 aromatic heterocycles. The lowest BCUT2D eigenvalue weighted by atomic mass is 10.0. The van der Waals surface area contributed by atoms with Crippen LogP contribution in [0.25, 0.3) is 0 Å². The molecule has 1 fully saturated rings. The molecule has 1 heterocycles. The summed E-state index contributed by atoms with van der Waals surface area (Å²) >= 11 is 0. The number of rotatable bonds is 2. The lowest BCUT2D eigenvalue weighted by Gasteiger charge is -2.34. The van der Waals surface area contributed by atoms with E-state index in [0.717, 1.165) is 31.6 Å². The van der Waals surface area contributed by atoms with Crippen LogP contribution in [0.3, 0.4) is 0 Å². The maximum Gasteiger partial charge on any atom is 0.191 e. The molecule has 1 saturated heterocycles. The molecule has 0 unspecified atom stereocenters. The van der Waals surface area contributed by atoms with Gasteiger partial charge in [-0.25, -0.2) is 0 Å². The SMILES string of the molecule is CCc1ccc(C2(C)OCCCO2)cc1. The minimum absolute atomic E-state index is 0.537. The summed E-state index contributed by atoms with van der Waals surface area (Å²) in [4.78, 5) is 0. The monoisotopic (exact) mass is 206 g/mol. The summed E-state index contributed by atoms with van der Waals surface area (Å²) in [7, 11) is 0. The fourth-order valence-electron chi connectivity index (χ4n) is 1.84. The Bertz CT molecular complexity index is 310. The number of ether oxygens (including phenoxy) is 2. The van der Waals surface area contributed by atoms with Crippen molar-refractivity contribution < 1.29 is 9.47 Å². The Morgan fingerprint density at radius 3 is 2.27 bits per heavy atom. The first-order chi connectivity index (χ1) is 7.24. The van der Waals surface area contributed by atoms with Crippen molar-refractivity contribution in [3.05, 3.63) is 35.4 Å². The second kappa shape index (κ2) is 4.33. The van der Waals surface area contributed by atoms with Crippen LogP contribution in [0.15, 0.2) is 24.3 Å². The molecule has 1 aromatic carbocycles. The highest BCUT2D eigenvalue weighted by Gasteiger charge is 2.30. The molecule has 2 rings (SSSR count). The van der Waals surface area contributed by atoms with Gasteiger partial charge in [0.25, 0.3) is 0 Å². The molecule has 0 atom stereocenters. The zero-order valence-corrected chi connectivity index (χ0v) is 9.45. The van der Waals surface area contributed by atoms with Gasteiger partial charge in [0, 0.05) is 5.56 Å². The van der Waals surface area contributed by atoms with Crippen LogP contribution >= 0.6 is 0 Å². The number of hydrogen-bond acceptors (Lipinski definition) is 2. The largest absolute Gasteiger partial charge is 0.346 e. The summed E-state index contributed by atoms with van der Waals surface area (Å²) in [6.45, 7) is 5.72. The van der Waals surface area contributed by atoms with Crippen LogP contribution in [-0.2, 0) is 21.7 Å². The molecule has 0 saturated carbocycles. The van der Waals surface area contributed by atoms with Gasteiger partial charge in [0.1, 0.15) is 0 Å². The molecule has 0 radical (unpaired) electrons. The Morgan fingerprint density at radius 1 is 1.13 bits per heavy atom. The molecule has 0 amide bonds. The van der Waals surface area contributed by atoms with E-state index in [1.54, 1.807) is 0 Å². The van der Waals surface area contributed by atoms with Crippen molar-refractivity contribution in [3.63, 3.8) is 0 Å². The van der Waals surface area contributed by atoms with Crippen molar-refractivity contribution in [2.75, 3.05) is 13.2 Å². The molecule has 0 spiro atoms. The first-order valence-corrected chi connectivity index (χ1v) is 5.62. The van der Waals surface area contributed by atoms with Crippen LogP contribution < -0.4 is 0 Å². The lowest BCUT2D eigenvalue weighted by molar-refractivity contribution is -0.264. The Hall–Kier alpha value is -0.860. The second-order valence-electron chi connectivity index (χ2n) is 4.05. The molecule has 0 aliphatic carbocycles. The van der Waals surface area contributed by atoms with Gasteiger partial charge in [0.05, 0.1) is 13.2 Å². The van der Waals surface area contributed by atoms with Crippen molar-refractivity contribution in [2.45, 2.75) is 32.5 Å². The van der Waals surface area contributed by atoms with Gasteiger partial charge >= 0.3 is 0 Å². The van der Waals surface area contributed by atoms with Crippen molar-refractivity contribution in [1.29, 1.82) is 0 Å². The molecule has 2 nitrogen and oxygen atoms in total. The molecule has 1 aromatic rings. The Balaban J connectivity index is 2.20. The molecule has 2 heteroatoms. The topological polar surface area (TPSA) is 18.5 Å². The third kappa shape index (κ3) is 2.21. The van der Waals surface area contributed by atoms with Gasteiger partial charge in [-0.3, -0.25) is 0 Å². The molecule has 82 valence electrons. The van der Waals surface area contributed by atoms with E-state index in [1.165, 1.54) is 5.56 Å². The van der Waals surface area contributed by atoms with E-state index in [1.807, 2.05) is 6.92 Å². The zero-order chi connectivity index (χ0) is 10.7. The van der Waals surface area contributed by atoms with E-state index < -0.39 is 5.79 Å². The van der Waals surface area contributed by atoms with Crippen LogP contribution in [0.1, 0.15) is 31.4 Å². The maximum absolute atomic E-state index is 5.70. The highest BCUT2D eigenvalue weighted by Crippen LogP contribution is 2.30. The van der Waals surface area contributed by atoms with E-state index in [0.29, 0.717) is 0 Å². The second-order valence-corrected chi connectivity index (χ2v) is 4.05. The van der Waals surface area contributed by atoms with Gasteiger partial charge in [-0.05, 0) is 25.3 Å². The van der Waals surface area contributed by atoms with Gasteiger partial charge in [-0.1, -0.05) is 31.2 Å². The number of aryl methyl sites for hydroxylation is 1. The highest BCUT2D eigenvalue weighted by molar-refractivity contribution is 5.25. The van der Waals surface area contributed by atoms with E-state index in [2.05, 4.69) is 31.2 Å². The number of benzene rings is 1. The van der Waals surface area contributed by atoms with E-state index in [4.69, 9.17) is 9.47 Å². The van der Waals surface area contributed by atoms with E-state index in [-0.39, 0.29) is 0 Å². The third-order valence-electron chi connectivity index (χ3n) is 2.93. The van der Waals surface area contributed by atoms with Crippen molar-refractivity contribution in [1.82, 2.24) is 0 Å². The fraction of sp³-hybridized carbons (Fsp3) is 0.538. The summed E-state index contributed by atoms with van der Waals surface area (Å²) < 4.78 is 11.4. The van der Waals surface area contributed by atoms with Crippen LogP contribution in [-0.4, -0.2) is 13.2 Å². The van der Waals surface area contributed by atoms with Gasteiger partial charge < -0.3 is 9.47 Å². The standard InChI is InChI=1S/C13H18O2/c1-3-11-5-7-12(8-6-11)13(2)14-9-4-10-15-13/h5-8H,3-4,9-10H2,1-2H3. The van der Waals surface area contributed by atoms with Gasteiger partial charge in [0.2, 0.25) is 0 Å². The lowest BCUT2D eigenvalue weighted by Crippen LogP contribution is -2.34. The average Bonchev–Trinajstić information content (AvgIpc) is 2.30. The molecule has 1 aliphatic heterocycles. The minimum Gasteiger partial charge on any atom is -0.346 e. The molecule has 0 bridgehead atoms. The molecular formula is C13H18O2. The quantitative estimate of drug-likeness (QED) is 0.740. The minimum atomic E-state index is -0.537. The van der Waals surface area contributed by atoms with Crippen molar-refractivity contribution in [3.8, 4) is 0 Å². The summed E-state index contributed by atoms with van der Waals surface area (Å²) in [5, 5.41) is 0. The Labute approximate surface area is 91.2 Å². The first kappa shape index (κ1) is 10.7. The fourth-order valence-corrected chi connectivity index (χ4v) is 1.84. The molecule has 15 heavy (non-hydrogen) atoms. The predicted molar refractivity (Wildman–Crippen MR) is 59.7 cm³/mol. The van der Waals surface area contributed by atoms with Crippen LogP contribution in [0, 0.1) is 0 Å².